The molecule has 0 saturated heterocycles. The number of para-hydroxylation sites is 1. The SMILES string of the molecule is C1=C(N(c2ccc(-c3ccccc3)cc2)c2ccc3c(c2)sc2ccccc23)c2oc3cc(-c4cccc5oc6ccccc6c45)c4ccccc4c3c2CC1. The third-order valence-electron chi connectivity index (χ3n) is 11.5. The molecular weight excluding hydrogens is 703 g/mol. The molecule has 0 saturated carbocycles. The Labute approximate surface area is 327 Å². The van der Waals surface area contributed by atoms with E-state index >= 15 is 0 Å². The highest BCUT2D eigenvalue weighted by atomic mass is 32.1. The standard InChI is InChI=1S/C52H33NO2S/c1-2-12-32(13-3-1)33-24-26-34(27-25-33)53(35-28-29-38-37-15-7-9-23-48(37)56-49(38)30-35)44-20-10-19-42-51-39-16-5-4-14-36(39)43(31-47(51)55-52(42)44)40-18-11-22-46-50(40)41-17-6-8-21-45(41)54-46/h1-9,11-18,20-31H,10,19H2. The Morgan fingerprint density at radius 2 is 1.14 bits per heavy atom. The lowest BCUT2D eigenvalue weighted by Crippen LogP contribution is -2.17. The Morgan fingerprint density at radius 1 is 0.446 bits per heavy atom. The van der Waals surface area contributed by atoms with E-state index < -0.39 is 0 Å². The largest absolute Gasteiger partial charge is 0.456 e. The van der Waals surface area contributed by atoms with Gasteiger partial charge >= 0.3 is 0 Å². The van der Waals surface area contributed by atoms with Crippen molar-refractivity contribution in [3.8, 4) is 22.3 Å². The van der Waals surface area contributed by atoms with Gasteiger partial charge in [-0.15, -0.1) is 11.3 Å². The Kier molecular flexibility index (Phi) is 6.92. The lowest BCUT2D eigenvalue weighted by molar-refractivity contribution is 0.588. The third kappa shape index (κ3) is 4.76. The van der Waals surface area contributed by atoms with Crippen LogP contribution in [-0.2, 0) is 6.42 Å². The summed E-state index contributed by atoms with van der Waals surface area (Å²) in [6.45, 7) is 0. The quantitative estimate of drug-likeness (QED) is 0.176. The van der Waals surface area contributed by atoms with Gasteiger partial charge in [-0.25, -0.2) is 0 Å². The summed E-state index contributed by atoms with van der Waals surface area (Å²) in [4.78, 5) is 2.40. The van der Waals surface area contributed by atoms with Crippen molar-refractivity contribution < 1.29 is 8.83 Å². The average Bonchev–Trinajstić information content (AvgIpc) is 3.95. The molecule has 3 heterocycles. The number of aryl methyl sites for hydroxylation is 1. The van der Waals surface area contributed by atoms with Gasteiger partial charge < -0.3 is 13.7 Å². The van der Waals surface area contributed by atoms with Crippen LogP contribution in [0.25, 0.3) is 91.8 Å². The molecule has 0 N–H and O–H groups in total. The predicted molar refractivity (Wildman–Crippen MR) is 236 cm³/mol. The van der Waals surface area contributed by atoms with Gasteiger partial charge in [0, 0.05) is 53.3 Å². The van der Waals surface area contributed by atoms with E-state index in [0.717, 1.165) is 74.3 Å². The van der Waals surface area contributed by atoms with Crippen LogP contribution >= 0.6 is 11.3 Å². The van der Waals surface area contributed by atoms with Crippen LogP contribution in [0.15, 0.2) is 185 Å². The first-order valence-corrected chi connectivity index (χ1v) is 20.0. The molecule has 0 atom stereocenters. The molecule has 4 heteroatoms. The van der Waals surface area contributed by atoms with Crippen molar-refractivity contribution >= 4 is 92.3 Å². The maximum Gasteiger partial charge on any atom is 0.155 e. The van der Waals surface area contributed by atoms with E-state index in [1.54, 1.807) is 0 Å². The van der Waals surface area contributed by atoms with Gasteiger partial charge in [-0.05, 0) is 94.4 Å². The molecule has 12 rings (SSSR count). The number of nitrogens with zero attached hydrogens (tertiary/aromatic N) is 1. The zero-order valence-corrected chi connectivity index (χ0v) is 31.1. The molecule has 0 fully saturated rings. The zero-order valence-electron chi connectivity index (χ0n) is 30.3. The van der Waals surface area contributed by atoms with Crippen molar-refractivity contribution in [2.75, 3.05) is 4.90 Å². The van der Waals surface area contributed by atoms with Gasteiger partial charge in [0.05, 0.1) is 5.70 Å². The van der Waals surface area contributed by atoms with Crippen molar-refractivity contribution in [2.24, 2.45) is 0 Å². The van der Waals surface area contributed by atoms with Crippen molar-refractivity contribution in [2.45, 2.75) is 12.8 Å². The molecule has 0 spiro atoms. The maximum absolute atomic E-state index is 7.18. The first-order valence-electron chi connectivity index (χ1n) is 19.2. The molecule has 3 aromatic heterocycles. The highest BCUT2D eigenvalue weighted by Crippen LogP contribution is 2.48. The number of hydrogen-bond acceptors (Lipinski definition) is 4. The van der Waals surface area contributed by atoms with Crippen molar-refractivity contribution in [1.29, 1.82) is 0 Å². The summed E-state index contributed by atoms with van der Waals surface area (Å²) in [5.41, 5.74) is 11.9. The summed E-state index contributed by atoms with van der Waals surface area (Å²) < 4.78 is 16.1. The molecule has 3 nitrogen and oxygen atoms in total. The van der Waals surface area contributed by atoms with Gasteiger partial charge in [0.15, 0.2) is 5.76 Å². The molecule has 56 heavy (non-hydrogen) atoms. The molecule has 0 unspecified atom stereocenters. The summed E-state index contributed by atoms with van der Waals surface area (Å²) in [6, 6.07) is 61.0. The minimum Gasteiger partial charge on any atom is -0.456 e. The van der Waals surface area contributed by atoms with Gasteiger partial charge in [0.1, 0.15) is 16.7 Å². The fourth-order valence-corrected chi connectivity index (χ4v) is 10.2. The van der Waals surface area contributed by atoms with Crippen LogP contribution in [0.3, 0.4) is 0 Å². The highest BCUT2D eigenvalue weighted by Gasteiger charge is 2.29. The normalized spacial score (nSPS) is 13.0. The Bertz CT molecular complexity index is 3360. The van der Waals surface area contributed by atoms with E-state index in [2.05, 4.69) is 169 Å². The molecule has 0 amide bonds. The van der Waals surface area contributed by atoms with Gasteiger partial charge in [-0.2, -0.15) is 0 Å². The number of furan rings is 2. The van der Waals surface area contributed by atoms with Crippen LogP contribution in [0.1, 0.15) is 17.7 Å². The minimum atomic E-state index is 0.890. The summed E-state index contributed by atoms with van der Waals surface area (Å²) in [6.07, 6.45) is 4.19. The van der Waals surface area contributed by atoms with Crippen LogP contribution in [0.2, 0.25) is 0 Å². The summed E-state index contributed by atoms with van der Waals surface area (Å²) in [5, 5.41) is 8.46. The van der Waals surface area contributed by atoms with Crippen molar-refractivity contribution in [1.82, 2.24) is 0 Å². The number of rotatable bonds is 5. The van der Waals surface area contributed by atoms with Gasteiger partial charge in [-0.1, -0.05) is 127 Å². The van der Waals surface area contributed by atoms with E-state index in [1.165, 1.54) is 53.0 Å². The number of hydrogen-bond donors (Lipinski definition) is 0. The Morgan fingerprint density at radius 3 is 2.02 bits per heavy atom. The fourth-order valence-electron chi connectivity index (χ4n) is 9.05. The lowest BCUT2D eigenvalue weighted by Gasteiger charge is -2.29. The van der Waals surface area contributed by atoms with Crippen molar-refractivity contribution in [3.05, 3.63) is 187 Å². The number of thiophene rings is 1. The first-order chi connectivity index (χ1) is 27.8. The monoisotopic (exact) mass is 735 g/mol. The predicted octanol–water partition coefficient (Wildman–Crippen LogP) is 15.3. The number of benzene rings is 8. The van der Waals surface area contributed by atoms with Gasteiger partial charge in [0.25, 0.3) is 0 Å². The van der Waals surface area contributed by atoms with Crippen LogP contribution in [0.4, 0.5) is 11.4 Å². The van der Waals surface area contributed by atoms with Crippen LogP contribution in [0.5, 0.6) is 0 Å². The maximum atomic E-state index is 7.18. The number of anilines is 2. The number of fused-ring (bicyclic) bond motifs is 11. The van der Waals surface area contributed by atoms with Crippen LogP contribution in [0, 0.1) is 0 Å². The summed E-state index contributed by atoms with van der Waals surface area (Å²) in [5.74, 6) is 0.934. The third-order valence-corrected chi connectivity index (χ3v) is 12.7. The average molecular weight is 736 g/mol. The van der Waals surface area contributed by atoms with E-state index in [-0.39, 0.29) is 0 Å². The lowest BCUT2D eigenvalue weighted by atomic mass is 9.90. The van der Waals surface area contributed by atoms with Gasteiger partial charge in [0.2, 0.25) is 0 Å². The molecular formula is C52H33NO2S. The molecule has 1 aliphatic rings. The van der Waals surface area contributed by atoms with Crippen LogP contribution in [-0.4, -0.2) is 0 Å². The molecule has 8 aromatic carbocycles. The molecule has 0 radical (unpaired) electrons. The second-order valence-corrected chi connectivity index (χ2v) is 15.8. The Balaban J connectivity index is 1.07. The molecule has 1 aliphatic carbocycles. The summed E-state index contributed by atoms with van der Waals surface area (Å²) >= 11 is 1.85. The molecule has 264 valence electrons. The second-order valence-electron chi connectivity index (χ2n) is 14.7. The highest BCUT2D eigenvalue weighted by molar-refractivity contribution is 7.25. The van der Waals surface area contributed by atoms with Crippen molar-refractivity contribution in [3.63, 3.8) is 0 Å². The topological polar surface area (TPSA) is 29.5 Å². The van der Waals surface area contributed by atoms with Crippen LogP contribution < -0.4 is 4.90 Å². The fraction of sp³-hybridized carbons (Fsp3) is 0.0385. The number of allylic oxidation sites excluding steroid dienone is 1. The minimum absolute atomic E-state index is 0.890. The van der Waals surface area contributed by atoms with E-state index in [1.807, 2.05) is 23.5 Å². The first kappa shape index (κ1) is 31.5. The van der Waals surface area contributed by atoms with E-state index in [0.29, 0.717) is 0 Å². The smallest absolute Gasteiger partial charge is 0.155 e. The summed E-state index contributed by atoms with van der Waals surface area (Å²) in [7, 11) is 0. The van der Waals surface area contributed by atoms with E-state index in [9.17, 15) is 0 Å². The molecule has 0 bridgehead atoms. The molecule has 0 aliphatic heterocycles. The Hall–Kier alpha value is -6.88. The molecule has 11 aromatic rings. The van der Waals surface area contributed by atoms with Gasteiger partial charge in [-0.3, -0.25) is 0 Å². The second kappa shape index (κ2) is 12.3. The zero-order chi connectivity index (χ0) is 36.7. The van der Waals surface area contributed by atoms with E-state index in [4.69, 9.17) is 8.83 Å².